The van der Waals surface area contributed by atoms with E-state index in [2.05, 4.69) is 27.2 Å². The van der Waals surface area contributed by atoms with Crippen molar-refractivity contribution >= 4 is 43.2 Å². The van der Waals surface area contributed by atoms with Crippen LogP contribution in [0.3, 0.4) is 0 Å². The summed E-state index contributed by atoms with van der Waals surface area (Å²) in [4.78, 5) is 9.55. The normalized spacial score (nSPS) is 11.2. The van der Waals surface area contributed by atoms with Gasteiger partial charge >= 0.3 is 0 Å². The molecule has 0 unspecified atom stereocenters. The summed E-state index contributed by atoms with van der Waals surface area (Å²) in [7, 11) is -3.99. The Kier molecular flexibility index (Phi) is 4.85. The van der Waals surface area contributed by atoms with E-state index >= 15 is 0 Å². The average Bonchev–Trinajstić information content (AvgIpc) is 2.26. The Morgan fingerprint density at radius 2 is 2.17 bits per heavy atom. The van der Waals surface area contributed by atoms with Gasteiger partial charge in [-0.25, -0.2) is 13.1 Å². The van der Waals surface area contributed by atoms with Crippen LogP contribution < -0.4 is 4.72 Å². The van der Waals surface area contributed by atoms with E-state index in [0.29, 0.717) is 4.48 Å². The van der Waals surface area contributed by atoms with Crippen LogP contribution in [0.4, 0.5) is 5.69 Å². The fourth-order valence-electron chi connectivity index (χ4n) is 1.11. The third-order valence-corrected chi connectivity index (χ3v) is 3.83. The van der Waals surface area contributed by atoms with Crippen LogP contribution in [0.1, 0.15) is 0 Å². The first kappa shape index (κ1) is 15.1. The van der Waals surface area contributed by atoms with Gasteiger partial charge in [-0.05, 0) is 12.1 Å². The Labute approximate surface area is 117 Å². The summed E-state index contributed by atoms with van der Waals surface area (Å²) in [5.41, 5.74) is -0.574. The quantitative estimate of drug-likeness (QED) is 0.649. The molecule has 0 fully saturated rings. The molecule has 0 aliphatic carbocycles. The maximum Gasteiger partial charge on any atom is 0.290 e. The van der Waals surface area contributed by atoms with Crippen molar-refractivity contribution in [3.05, 3.63) is 44.4 Å². The predicted octanol–water partition coefficient (Wildman–Crippen LogP) is 2.44. The Bertz CT molecular complexity index is 603. The number of nitrogens with zero attached hydrogens (tertiary/aromatic N) is 1. The summed E-state index contributed by atoms with van der Waals surface area (Å²) in [6.07, 6.45) is 0. The van der Waals surface area contributed by atoms with Gasteiger partial charge in [-0.3, -0.25) is 10.1 Å². The smallest absolute Gasteiger partial charge is 0.258 e. The first-order valence-corrected chi connectivity index (χ1v) is 7.16. The number of hydrogen-bond donors (Lipinski definition) is 1. The van der Waals surface area contributed by atoms with Crippen LogP contribution in [0.5, 0.6) is 0 Å². The molecule has 0 saturated heterocycles. The van der Waals surface area contributed by atoms with Gasteiger partial charge in [0.25, 0.3) is 5.69 Å². The minimum Gasteiger partial charge on any atom is -0.258 e. The summed E-state index contributed by atoms with van der Waals surface area (Å²) < 4.78 is 26.3. The second-order valence-corrected chi connectivity index (χ2v) is 6.50. The fraction of sp³-hybridized carbons (Fsp3) is 0.111. The van der Waals surface area contributed by atoms with E-state index in [1.165, 1.54) is 6.07 Å². The van der Waals surface area contributed by atoms with E-state index in [9.17, 15) is 18.5 Å². The molecule has 0 saturated carbocycles. The van der Waals surface area contributed by atoms with Crippen molar-refractivity contribution in [3.8, 4) is 0 Å². The molecule has 0 bridgehead atoms. The van der Waals surface area contributed by atoms with Crippen molar-refractivity contribution < 1.29 is 13.3 Å². The van der Waals surface area contributed by atoms with Gasteiger partial charge in [0.2, 0.25) is 10.0 Å². The topological polar surface area (TPSA) is 89.3 Å². The second kappa shape index (κ2) is 5.79. The Morgan fingerprint density at radius 3 is 2.67 bits per heavy atom. The molecule has 98 valence electrons. The van der Waals surface area contributed by atoms with E-state index in [-0.39, 0.29) is 11.6 Å². The molecular formula is C9H8BrClN2O4S. The lowest BCUT2D eigenvalue weighted by molar-refractivity contribution is -0.387. The van der Waals surface area contributed by atoms with Crippen molar-refractivity contribution in [1.29, 1.82) is 0 Å². The molecule has 1 aromatic rings. The zero-order valence-electron chi connectivity index (χ0n) is 8.89. The number of hydrogen-bond acceptors (Lipinski definition) is 4. The molecule has 0 aromatic heterocycles. The summed E-state index contributed by atoms with van der Waals surface area (Å²) >= 11 is 8.58. The minimum atomic E-state index is -3.99. The fourth-order valence-corrected chi connectivity index (χ4v) is 2.78. The molecule has 6 nitrogen and oxygen atoms in total. The lowest BCUT2D eigenvalue weighted by Gasteiger charge is -2.06. The number of sulfonamides is 1. The van der Waals surface area contributed by atoms with E-state index < -0.39 is 25.5 Å². The minimum absolute atomic E-state index is 0.0673. The molecule has 0 radical (unpaired) electrons. The van der Waals surface area contributed by atoms with Gasteiger partial charge in [0.1, 0.15) is 0 Å². The number of nitro groups is 1. The third-order valence-electron chi connectivity index (χ3n) is 1.86. The number of nitro benzene ring substituents is 1. The lowest BCUT2D eigenvalue weighted by Crippen LogP contribution is -2.25. The van der Waals surface area contributed by atoms with Crippen LogP contribution in [0.25, 0.3) is 0 Å². The first-order chi connectivity index (χ1) is 8.24. The monoisotopic (exact) mass is 354 g/mol. The molecule has 1 aromatic carbocycles. The zero-order valence-corrected chi connectivity index (χ0v) is 12.0. The highest BCUT2D eigenvalue weighted by molar-refractivity contribution is 9.11. The van der Waals surface area contributed by atoms with Crippen molar-refractivity contribution in [3.63, 3.8) is 0 Å². The number of nitrogens with one attached hydrogen (secondary N) is 1. The number of benzene rings is 1. The van der Waals surface area contributed by atoms with E-state index in [1.54, 1.807) is 0 Å². The summed E-state index contributed by atoms with van der Waals surface area (Å²) in [5, 5.41) is 10.9. The van der Waals surface area contributed by atoms with E-state index in [4.69, 9.17) is 11.6 Å². The second-order valence-electron chi connectivity index (χ2n) is 3.21. The van der Waals surface area contributed by atoms with Crippen molar-refractivity contribution in [2.75, 3.05) is 6.54 Å². The molecule has 0 aliphatic heterocycles. The van der Waals surface area contributed by atoms with Gasteiger partial charge in [0, 0.05) is 22.1 Å². The van der Waals surface area contributed by atoms with Crippen molar-refractivity contribution in [2.45, 2.75) is 4.90 Å². The molecule has 18 heavy (non-hydrogen) atoms. The van der Waals surface area contributed by atoms with Gasteiger partial charge in [0.05, 0.1) is 4.92 Å². The molecular weight excluding hydrogens is 348 g/mol. The van der Waals surface area contributed by atoms with Gasteiger partial charge in [-0.2, -0.15) is 0 Å². The van der Waals surface area contributed by atoms with Crippen LogP contribution in [0.15, 0.2) is 34.2 Å². The highest BCUT2D eigenvalue weighted by Crippen LogP contribution is 2.27. The van der Waals surface area contributed by atoms with Crippen LogP contribution in [-0.2, 0) is 10.0 Å². The number of rotatable bonds is 5. The highest BCUT2D eigenvalue weighted by Gasteiger charge is 2.25. The zero-order chi connectivity index (χ0) is 13.9. The Morgan fingerprint density at radius 1 is 1.56 bits per heavy atom. The van der Waals surface area contributed by atoms with Gasteiger partial charge in [0.15, 0.2) is 4.90 Å². The molecule has 1 rings (SSSR count). The summed E-state index contributed by atoms with van der Waals surface area (Å²) in [5.74, 6) is 0. The lowest BCUT2D eigenvalue weighted by atomic mass is 10.3. The summed E-state index contributed by atoms with van der Waals surface area (Å²) in [6.45, 7) is 3.39. The Balaban J connectivity index is 3.24. The van der Waals surface area contributed by atoms with Crippen LogP contribution in [-0.4, -0.2) is 19.9 Å². The molecule has 0 heterocycles. The van der Waals surface area contributed by atoms with E-state index in [0.717, 1.165) is 12.1 Å². The average molecular weight is 356 g/mol. The van der Waals surface area contributed by atoms with Crippen LogP contribution in [0, 0.1) is 10.1 Å². The largest absolute Gasteiger partial charge is 0.290 e. The molecule has 0 atom stereocenters. The molecule has 1 N–H and O–H groups in total. The number of halogens is 2. The molecule has 0 amide bonds. The van der Waals surface area contributed by atoms with Crippen LogP contribution in [0.2, 0.25) is 5.02 Å². The highest BCUT2D eigenvalue weighted by atomic mass is 79.9. The summed E-state index contributed by atoms with van der Waals surface area (Å²) in [6, 6.07) is 3.34. The third kappa shape index (κ3) is 3.77. The van der Waals surface area contributed by atoms with Crippen molar-refractivity contribution in [1.82, 2.24) is 4.72 Å². The first-order valence-electron chi connectivity index (χ1n) is 4.51. The molecule has 9 heteroatoms. The SMILES string of the molecule is C=C(Br)CNS(=O)(=O)c1ccc(Cl)cc1[N+](=O)[O-]. The van der Waals surface area contributed by atoms with Gasteiger partial charge in [-0.1, -0.05) is 34.1 Å². The Hall–Kier alpha value is -0.960. The maximum atomic E-state index is 11.9. The molecule has 0 aliphatic rings. The standard InChI is InChI=1S/C9H8BrClN2O4S/c1-6(10)5-12-18(16,17)9-3-2-7(11)4-8(9)13(14)15/h2-4,12H,1,5H2. The van der Waals surface area contributed by atoms with Crippen LogP contribution >= 0.6 is 27.5 Å². The molecule has 0 spiro atoms. The van der Waals surface area contributed by atoms with Crippen molar-refractivity contribution in [2.24, 2.45) is 0 Å². The predicted molar refractivity (Wildman–Crippen MR) is 71.4 cm³/mol. The van der Waals surface area contributed by atoms with E-state index in [1.807, 2.05) is 0 Å². The van der Waals surface area contributed by atoms with Gasteiger partial charge in [-0.15, -0.1) is 0 Å². The van der Waals surface area contributed by atoms with Gasteiger partial charge < -0.3 is 0 Å². The maximum absolute atomic E-state index is 11.9.